The third-order valence-corrected chi connectivity index (χ3v) is 8.70. The number of benzene rings is 1. The van der Waals surface area contributed by atoms with Gasteiger partial charge in [-0.05, 0) is 56.2 Å². The lowest BCUT2D eigenvalue weighted by Crippen LogP contribution is -2.26. The molecule has 0 saturated carbocycles. The van der Waals surface area contributed by atoms with E-state index < -0.39 is 0 Å². The second-order valence-electron chi connectivity index (χ2n) is 8.98. The Morgan fingerprint density at radius 3 is 2.85 bits per heavy atom. The van der Waals surface area contributed by atoms with E-state index in [1.807, 2.05) is 31.2 Å². The number of anilines is 2. The molecule has 1 fully saturated rings. The van der Waals surface area contributed by atoms with E-state index in [2.05, 4.69) is 12.2 Å². The number of rotatable bonds is 6. The number of aryl methyl sites for hydroxylation is 1. The number of carbonyl (C=O) groups excluding carboxylic acids is 2. The fraction of sp³-hybridized carbons (Fsp3) is 0.440. The van der Waals surface area contributed by atoms with E-state index in [9.17, 15) is 14.4 Å². The van der Waals surface area contributed by atoms with Crippen LogP contribution in [0.25, 0.3) is 10.2 Å². The van der Waals surface area contributed by atoms with Gasteiger partial charge < -0.3 is 10.2 Å². The van der Waals surface area contributed by atoms with Crippen molar-refractivity contribution in [3.63, 3.8) is 0 Å². The third kappa shape index (κ3) is 4.27. The molecule has 9 heteroatoms. The summed E-state index contributed by atoms with van der Waals surface area (Å²) in [5.74, 6) is 0.640. The first-order chi connectivity index (χ1) is 16.5. The van der Waals surface area contributed by atoms with Gasteiger partial charge in [0.05, 0.1) is 22.5 Å². The average molecular weight is 497 g/mol. The van der Waals surface area contributed by atoms with Crippen LogP contribution in [0.2, 0.25) is 0 Å². The first-order valence-corrected chi connectivity index (χ1v) is 13.6. The summed E-state index contributed by atoms with van der Waals surface area (Å²) in [4.78, 5) is 47.0. The van der Waals surface area contributed by atoms with Crippen molar-refractivity contribution in [3.05, 3.63) is 45.1 Å². The molecule has 1 aliphatic heterocycles. The lowest BCUT2D eigenvalue weighted by Gasteiger charge is -2.20. The van der Waals surface area contributed by atoms with Crippen LogP contribution >= 0.6 is 23.1 Å². The Morgan fingerprint density at radius 1 is 1.26 bits per heavy atom. The van der Waals surface area contributed by atoms with Crippen LogP contribution in [-0.2, 0) is 29.0 Å². The Bertz CT molecular complexity index is 1330. The number of carbonyl (C=O) groups is 2. The van der Waals surface area contributed by atoms with Crippen molar-refractivity contribution in [3.8, 4) is 0 Å². The van der Waals surface area contributed by atoms with Crippen LogP contribution in [0.15, 0.2) is 34.2 Å². The van der Waals surface area contributed by atoms with Gasteiger partial charge in [-0.25, -0.2) is 4.98 Å². The van der Waals surface area contributed by atoms with E-state index in [4.69, 9.17) is 4.98 Å². The maximum atomic E-state index is 13.3. The molecule has 2 amide bonds. The molecule has 0 spiro atoms. The van der Waals surface area contributed by atoms with Crippen molar-refractivity contribution >= 4 is 56.5 Å². The number of fused-ring (bicyclic) bond motifs is 3. The standard InChI is InChI=1S/C25H28N4O3S2/c1-3-28-24(32)22-16-11-10-15(2)13-19(16)34-23(22)27-25(28)33-14-20(30)26-17-7-4-5-8-18(17)29-12-6-9-21(29)31/h4-5,7-8,15H,3,6,9-14H2,1-2H3,(H,26,30). The Kier molecular flexibility index (Phi) is 6.48. The molecule has 1 aromatic carbocycles. The summed E-state index contributed by atoms with van der Waals surface area (Å²) < 4.78 is 1.68. The normalized spacial score (nSPS) is 17.9. The highest BCUT2D eigenvalue weighted by Crippen LogP contribution is 2.36. The molecule has 178 valence electrons. The van der Waals surface area contributed by atoms with Gasteiger partial charge in [0.1, 0.15) is 4.83 Å². The van der Waals surface area contributed by atoms with E-state index in [1.54, 1.807) is 20.8 Å². The maximum Gasteiger partial charge on any atom is 0.263 e. The molecule has 1 unspecified atom stereocenters. The number of nitrogens with one attached hydrogen (secondary N) is 1. The van der Waals surface area contributed by atoms with Crippen LogP contribution in [0.4, 0.5) is 11.4 Å². The molecule has 0 radical (unpaired) electrons. The van der Waals surface area contributed by atoms with Crippen LogP contribution < -0.4 is 15.8 Å². The Morgan fingerprint density at radius 2 is 2.09 bits per heavy atom. The molecule has 2 aliphatic rings. The number of thioether (sulfide) groups is 1. The first kappa shape index (κ1) is 23.1. The van der Waals surface area contributed by atoms with Crippen LogP contribution in [0, 0.1) is 5.92 Å². The van der Waals surface area contributed by atoms with Crippen molar-refractivity contribution in [1.29, 1.82) is 0 Å². The summed E-state index contributed by atoms with van der Waals surface area (Å²) in [6.07, 6.45) is 4.40. The first-order valence-electron chi connectivity index (χ1n) is 11.8. The minimum absolute atomic E-state index is 0.000327. The molecule has 1 N–H and O–H groups in total. The summed E-state index contributed by atoms with van der Waals surface area (Å²) in [5.41, 5.74) is 2.53. The van der Waals surface area contributed by atoms with Gasteiger partial charge in [0, 0.05) is 24.4 Å². The molecular formula is C25H28N4O3S2. The molecule has 2 aromatic heterocycles. The Labute approximate surface area is 206 Å². The van der Waals surface area contributed by atoms with Crippen molar-refractivity contribution < 1.29 is 9.59 Å². The van der Waals surface area contributed by atoms with E-state index >= 15 is 0 Å². The fourth-order valence-electron chi connectivity index (χ4n) is 4.83. The number of nitrogens with zero attached hydrogens (tertiary/aromatic N) is 3. The quantitative estimate of drug-likeness (QED) is 0.402. The van der Waals surface area contributed by atoms with Crippen LogP contribution in [0.5, 0.6) is 0 Å². The van der Waals surface area contributed by atoms with Crippen molar-refractivity contribution in [2.75, 3.05) is 22.5 Å². The van der Waals surface area contributed by atoms with Gasteiger partial charge in [-0.1, -0.05) is 30.8 Å². The van der Waals surface area contributed by atoms with Crippen LogP contribution in [0.3, 0.4) is 0 Å². The van der Waals surface area contributed by atoms with Gasteiger partial charge in [0.15, 0.2) is 5.16 Å². The SMILES string of the molecule is CCn1c(SCC(=O)Nc2ccccc2N2CCCC2=O)nc2sc3c(c2c1=O)CCC(C)C3. The maximum absolute atomic E-state index is 13.3. The van der Waals surface area contributed by atoms with Gasteiger partial charge in [-0.3, -0.25) is 19.0 Å². The zero-order valence-corrected chi connectivity index (χ0v) is 21.1. The number of hydrogen-bond acceptors (Lipinski definition) is 6. The Balaban J connectivity index is 1.36. The lowest BCUT2D eigenvalue weighted by atomic mass is 9.89. The second-order valence-corrected chi connectivity index (χ2v) is 11.0. The zero-order valence-electron chi connectivity index (χ0n) is 19.4. The number of aromatic nitrogens is 2. The minimum Gasteiger partial charge on any atom is -0.324 e. The van der Waals surface area contributed by atoms with Crippen molar-refractivity contribution in [2.24, 2.45) is 5.92 Å². The third-order valence-electron chi connectivity index (χ3n) is 6.57. The monoisotopic (exact) mass is 496 g/mol. The molecular weight excluding hydrogens is 468 g/mol. The summed E-state index contributed by atoms with van der Waals surface area (Å²) in [5, 5.41) is 4.29. The summed E-state index contributed by atoms with van der Waals surface area (Å²) in [7, 11) is 0. The second kappa shape index (κ2) is 9.54. The average Bonchev–Trinajstić information content (AvgIpc) is 3.40. The number of amides is 2. The van der Waals surface area contributed by atoms with Gasteiger partial charge in [0.2, 0.25) is 11.8 Å². The predicted octanol–water partition coefficient (Wildman–Crippen LogP) is 4.46. The van der Waals surface area contributed by atoms with E-state index in [0.29, 0.717) is 36.3 Å². The fourth-order valence-corrected chi connectivity index (χ4v) is 7.11. The summed E-state index contributed by atoms with van der Waals surface area (Å²) >= 11 is 2.91. The molecule has 1 atom stereocenters. The number of hydrogen-bond donors (Lipinski definition) is 1. The minimum atomic E-state index is -0.194. The number of thiophene rings is 1. The van der Waals surface area contributed by atoms with Gasteiger partial charge >= 0.3 is 0 Å². The molecule has 5 rings (SSSR count). The predicted molar refractivity (Wildman–Crippen MR) is 138 cm³/mol. The smallest absolute Gasteiger partial charge is 0.263 e. The molecule has 34 heavy (non-hydrogen) atoms. The van der Waals surface area contributed by atoms with Crippen molar-refractivity contribution in [1.82, 2.24) is 9.55 Å². The zero-order chi connectivity index (χ0) is 23.8. The topological polar surface area (TPSA) is 84.3 Å². The van der Waals surface area contributed by atoms with E-state index in [-0.39, 0.29) is 23.1 Å². The lowest BCUT2D eigenvalue weighted by molar-refractivity contribution is -0.117. The highest BCUT2D eigenvalue weighted by atomic mass is 32.2. The molecule has 7 nitrogen and oxygen atoms in total. The molecule has 3 aromatic rings. The Hall–Kier alpha value is -2.65. The largest absolute Gasteiger partial charge is 0.324 e. The van der Waals surface area contributed by atoms with Gasteiger partial charge in [0.25, 0.3) is 5.56 Å². The van der Waals surface area contributed by atoms with E-state index in [1.165, 1.54) is 22.2 Å². The van der Waals surface area contributed by atoms with Crippen molar-refractivity contribution in [2.45, 2.75) is 57.7 Å². The van der Waals surface area contributed by atoms with Gasteiger partial charge in [-0.2, -0.15) is 0 Å². The van der Waals surface area contributed by atoms with E-state index in [0.717, 1.165) is 41.6 Å². The highest BCUT2D eigenvalue weighted by molar-refractivity contribution is 7.99. The van der Waals surface area contributed by atoms with Crippen LogP contribution in [-0.4, -0.2) is 33.7 Å². The highest BCUT2D eigenvalue weighted by Gasteiger charge is 2.26. The summed E-state index contributed by atoms with van der Waals surface area (Å²) in [6, 6.07) is 7.38. The molecule has 1 saturated heterocycles. The molecule has 1 aliphatic carbocycles. The van der Waals surface area contributed by atoms with Gasteiger partial charge in [-0.15, -0.1) is 11.3 Å². The summed E-state index contributed by atoms with van der Waals surface area (Å²) in [6.45, 7) is 5.36. The molecule has 0 bridgehead atoms. The number of para-hydroxylation sites is 2. The molecule has 3 heterocycles. The van der Waals surface area contributed by atoms with Crippen LogP contribution in [0.1, 0.15) is 43.6 Å².